The number of rotatable bonds is 3. The van der Waals surface area contributed by atoms with Crippen molar-refractivity contribution in [1.82, 2.24) is 9.88 Å². The van der Waals surface area contributed by atoms with E-state index in [-0.39, 0.29) is 5.91 Å². The number of ether oxygens (including phenoxy) is 1. The second kappa shape index (κ2) is 5.97. The zero-order chi connectivity index (χ0) is 15.5. The van der Waals surface area contributed by atoms with Crippen LogP contribution in [0.1, 0.15) is 21.5 Å². The van der Waals surface area contributed by atoms with Crippen molar-refractivity contribution in [3.05, 3.63) is 65.5 Å². The SMILES string of the molecule is CN(Cc1ccncc1)C(=O)C1Cc2ccccc2C(=O)O1. The number of benzene rings is 1. The Morgan fingerprint density at radius 2 is 2.00 bits per heavy atom. The summed E-state index contributed by atoms with van der Waals surface area (Å²) >= 11 is 0. The molecule has 0 fully saturated rings. The van der Waals surface area contributed by atoms with Gasteiger partial charge in [-0.25, -0.2) is 4.79 Å². The summed E-state index contributed by atoms with van der Waals surface area (Å²) in [5, 5.41) is 0. The summed E-state index contributed by atoms with van der Waals surface area (Å²) in [6.45, 7) is 0.455. The molecule has 1 aromatic carbocycles. The highest BCUT2D eigenvalue weighted by atomic mass is 16.5. The second-order valence-corrected chi connectivity index (χ2v) is 5.30. The zero-order valence-electron chi connectivity index (χ0n) is 12.2. The molecule has 0 spiro atoms. The van der Waals surface area contributed by atoms with Gasteiger partial charge in [0.25, 0.3) is 5.91 Å². The molecule has 0 N–H and O–H groups in total. The Hall–Kier alpha value is -2.69. The molecule has 0 saturated carbocycles. The van der Waals surface area contributed by atoms with Crippen LogP contribution in [0.15, 0.2) is 48.8 Å². The van der Waals surface area contributed by atoms with Crippen molar-refractivity contribution in [3.63, 3.8) is 0 Å². The first-order valence-electron chi connectivity index (χ1n) is 7.08. The predicted molar refractivity (Wildman–Crippen MR) is 80.1 cm³/mol. The van der Waals surface area contributed by atoms with Crippen molar-refractivity contribution in [2.24, 2.45) is 0 Å². The predicted octanol–water partition coefficient (Wildman–Crippen LogP) is 1.82. The Kier molecular flexibility index (Phi) is 3.87. The van der Waals surface area contributed by atoms with E-state index in [1.807, 2.05) is 24.3 Å². The Morgan fingerprint density at radius 1 is 1.27 bits per heavy atom. The fourth-order valence-corrected chi connectivity index (χ4v) is 2.56. The van der Waals surface area contributed by atoms with Gasteiger partial charge < -0.3 is 9.64 Å². The lowest BCUT2D eigenvalue weighted by Crippen LogP contribution is -2.42. The monoisotopic (exact) mass is 296 g/mol. The maximum absolute atomic E-state index is 12.5. The van der Waals surface area contributed by atoms with Gasteiger partial charge in [0.2, 0.25) is 0 Å². The van der Waals surface area contributed by atoms with Crippen LogP contribution in [0.25, 0.3) is 0 Å². The minimum absolute atomic E-state index is 0.195. The molecular formula is C17H16N2O3. The van der Waals surface area contributed by atoms with Crippen molar-refractivity contribution in [2.75, 3.05) is 7.05 Å². The van der Waals surface area contributed by atoms with Gasteiger partial charge in [0.15, 0.2) is 6.10 Å². The van der Waals surface area contributed by atoms with Crippen molar-refractivity contribution >= 4 is 11.9 Å². The largest absolute Gasteiger partial charge is 0.448 e. The van der Waals surface area contributed by atoms with Crippen molar-refractivity contribution in [2.45, 2.75) is 19.1 Å². The van der Waals surface area contributed by atoms with Crippen LogP contribution in [0.3, 0.4) is 0 Å². The third-order valence-electron chi connectivity index (χ3n) is 3.71. The first kappa shape index (κ1) is 14.3. The van der Waals surface area contributed by atoms with Crippen LogP contribution in [0, 0.1) is 0 Å². The number of pyridine rings is 1. The molecule has 1 atom stereocenters. The molecule has 1 aromatic heterocycles. The van der Waals surface area contributed by atoms with Crippen molar-refractivity contribution < 1.29 is 14.3 Å². The van der Waals surface area contributed by atoms with Crippen LogP contribution >= 0.6 is 0 Å². The number of hydrogen-bond acceptors (Lipinski definition) is 4. The first-order chi connectivity index (χ1) is 10.6. The summed E-state index contributed by atoms with van der Waals surface area (Å²) in [6.07, 6.45) is 3.03. The minimum Gasteiger partial charge on any atom is -0.448 e. The average Bonchev–Trinajstić information content (AvgIpc) is 2.55. The molecule has 0 radical (unpaired) electrons. The molecule has 112 valence electrons. The fourth-order valence-electron chi connectivity index (χ4n) is 2.56. The normalized spacial score (nSPS) is 16.6. The third kappa shape index (κ3) is 2.83. The van der Waals surface area contributed by atoms with E-state index < -0.39 is 12.1 Å². The van der Waals surface area contributed by atoms with E-state index in [0.717, 1.165) is 11.1 Å². The number of amides is 1. The van der Waals surface area contributed by atoms with Gasteiger partial charge in [-0.05, 0) is 29.3 Å². The number of carbonyl (C=O) groups excluding carboxylic acids is 2. The van der Waals surface area contributed by atoms with Crippen molar-refractivity contribution in [1.29, 1.82) is 0 Å². The quantitative estimate of drug-likeness (QED) is 0.811. The molecule has 1 aliphatic rings. The number of cyclic esters (lactones) is 1. The van der Waals surface area contributed by atoms with Crippen LogP contribution in [0.5, 0.6) is 0 Å². The Bertz CT molecular complexity index is 700. The Morgan fingerprint density at radius 3 is 2.77 bits per heavy atom. The van der Waals surface area contributed by atoms with Crippen LogP contribution in [0.2, 0.25) is 0 Å². The Balaban J connectivity index is 1.72. The van der Waals surface area contributed by atoms with E-state index in [1.165, 1.54) is 0 Å². The van der Waals surface area contributed by atoms with Crippen LogP contribution in [-0.4, -0.2) is 34.9 Å². The first-order valence-corrected chi connectivity index (χ1v) is 7.08. The highest BCUT2D eigenvalue weighted by molar-refractivity contribution is 5.95. The Labute approximate surface area is 128 Å². The highest BCUT2D eigenvalue weighted by Gasteiger charge is 2.32. The number of fused-ring (bicyclic) bond motifs is 1. The second-order valence-electron chi connectivity index (χ2n) is 5.30. The molecule has 3 rings (SSSR count). The van der Waals surface area contributed by atoms with Crippen LogP contribution in [0.4, 0.5) is 0 Å². The molecule has 5 nitrogen and oxygen atoms in total. The molecular weight excluding hydrogens is 280 g/mol. The van der Waals surface area contributed by atoms with Gasteiger partial charge in [-0.2, -0.15) is 0 Å². The molecule has 1 amide bonds. The van der Waals surface area contributed by atoms with E-state index >= 15 is 0 Å². The molecule has 1 unspecified atom stereocenters. The number of carbonyl (C=O) groups is 2. The molecule has 0 saturated heterocycles. The van der Waals surface area contributed by atoms with E-state index in [0.29, 0.717) is 18.5 Å². The van der Waals surface area contributed by atoms with E-state index in [2.05, 4.69) is 4.98 Å². The maximum Gasteiger partial charge on any atom is 0.339 e. The lowest BCUT2D eigenvalue weighted by molar-refractivity contribution is -0.140. The van der Waals surface area contributed by atoms with Gasteiger partial charge in [0.05, 0.1) is 5.56 Å². The molecule has 1 aliphatic heterocycles. The standard InChI is InChI=1S/C17H16N2O3/c1-19(11-12-6-8-18-9-7-12)16(20)15-10-13-4-2-3-5-14(13)17(21)22-15/h2-9,15H,10-11H2,1H3. The number of likely N-dealkylation sites (N-methyl/N-ethyl adjacent to an activating group) is 1. The smallest absolute Gasteiger partial charge is 0.339 e. The van der Waals surface area contributed by atoms with E-state index in [9.17, 15) is 9.59 Å². The van der Waals surface area contributed by atoms with Gasteiger partial charge >= 0.3 is 5.97 Å². The van der Waals surface area contributed by atoms with Gasteiger partial charge in [-0.3, -0.25) is 9.78 Å². The molecule has 22 heavy (non-hydrogen) atoms. The minimum atomic E-state index is -0.755. The number of aromatic nitrogens is 1. The number of esters is 1. The highest BCUT2D eigenvalue weighted by Crippen LogP contribution is 2.21. The van der Waals surface area contributed by atoms with E-state index in [4.69, 9.17) is 4.74 Å². The molecule has 2 heterocycles. The van der Waals surface area contributed by atoms with Gasteiger partial charge in [0, 0.05) is 32.4 Å². The molecule has 0 bridgehead atoms. The lowest BCUT2D eigenvalue weighted by Gasteiger charge is -2.27. The van der Waals surface area contributed by atoms with E-state index in [1.54, 1.807) is 36.5 Å². The fraction of sp³-hybridized carbons (Fsp3) is 0.235. The van der Waals surface area contributed by atoms with Crippen LogP contribution < -0.4 is 0 Å². The van der Waals surface area contributed by atoms with Crippen molar-refractivity contribution in [3.8, 4) is 0 Å². The van der Waals surface area contributed by atoms with Gasteiger partial charge in [0.1, 0.15) is 0 Å². The van der Waals surface area contributed by atoms with Gasteiger partial charge in [-0.15, -0.1) is 0 Å². The molecule has 2 aromatic rings. The summed E-state index contributed by atoms with van der Waals surface area (Å²) in [7, 11) is 1.71. The summed E-state index contributed by atoms with van der Waals surface area (Å²) < 4.78 is 5.29. The zero-order valence-corrected chi connectivity index (χ0v) is 12.2. The lowest BCUT2D eigenvalue weighted by atomic mass is 9.98. The topological polar surface area (TPSA) is 59.5 Å². The maximum atomic E-state index is 12.5. The molecule has 5 heteroatoms. The molecule has 0 aliphatic carbocycles. The number of hydrogen-bond donors (Lipinski definition) is 0. The third-order valence-corrected chi connectivity index (χ3v) is 3.71. The average molecular weight is 296 g/mol. The van der Waals surface area contributed by atoms with Crippen LogP contribution in [-0.2, 0) is 22.5 Å². The summed E-state index contributed by atoms with van der Waals surface area (Å²) in [5.41, 5.74) is 2.38. The summed E-state index contributed by atoms with van der Waals surface area (Å²) in [4.78, 5) is 30.0. The summed E-state index contributed by atoms with van der Waals surface area (Å²) in [5.74, 6) is -0.628. The summed E-state index contributed by atoms with van der Waals surface area (Å²) in [6, 6.07) is 10.9. The van der Waals surface area contributed by atoms with Gasteiger partial charge in [-0.1, -0.05) is 18.2 Å². The number of nitrogens with zero attached hydrogens (tertiary/aromatic N) is 2.